The standard InChI is InChI=1S/C14H28N4O2/c1-11(2)4-9-16-14(20)17-13(19)10-18(3)12-5-7-15-8-6-12/h11-12,15H,4-10H2,1-3H3,(H2,16,17,19,20). The van der Waals surface area contributed by atoms with Crippen LogP contribution in [0.15, 0.2) is 0 Å². The molecule has 0 aromatic rings. The molecule has 6 nitrogen and oxygen atoms in total. The summed E-state index contributed by atoms with van der Waals surface area (Å²) in [4.78, 5) is 25.3. The van der Waals surface area contributed by atoms with Crippen molar-refractivity contribution in [3.8, 4) is 0 Å². The maximum absolute atomic E-state index is 11.8. The summed E-state index contributed by atoms with van der Waals surface area (Å²) in [6.45, 7) is 7.04. The first kappa shape index (κ1) is 16.9. The molecule has 20 heavy (non-hydrogen) atoms. The van der Waals surface area contributed by atoms with Gasteiger partial charge in [0.25, 0.3) is 0 Å². The lowest BCUT2D eigenvalue weighted by Gasteiger charge is -2.30. The monoisotopic (exact) mass is 284 g/mol. The van der Waals surface area contributed by atoms with Crippen LogP contribution >= 0.6 is 0 Å². The summed E-state index contributed by atoms with van der Waals surface area (Å²) in [7, 11) is 1.94. The van der Waals surface area contributed by atoms with Crippen molar-refractivity contribution in [2.75, 3.05) is 33.2 Å². The van der Waals surface area contributed by atoms with Gasteiger partial charge in [-0.1, -0.05) is 13.8 Å². The maximum Gasteiger partial charge on any atom is 0.321 e. The molecule has 1 saturated heterocycles. The highest BCUT2D eigenvalue weighted by Crippen LogP contribution is 2.08. The van der Waals surface area contributed by atoms with Gasteiger partial charge in [-0.25, -0.2) is 4.79 Å². The predicted octanol–water partition coefficient (Wildman–Crippen LogP) is 0.542. The fourth-order valence-corrected chi connectivity index (χ4v) is 2.29. The van der Waals surface area contributed by atoms with Crippen molar-refractivity contribution in [3.05, 3.63) is 0 Å². The molecule has 116 valence electrons. The molecule has 0 spiro atoms. The van der Waals surface area contributed by atoms with Crippen LogP contribution in [-0.4, -0.2) is 56.1 Å². The third kappa shape index (κ3) is 6.86. The lowest BCUT2D eigenvalue weighted by molar-refractivity contribution is -0.121. The molecule has 3 amide bonds. The van der Waals surface area contributed by atoms with E-state index >= 15 is 0 Å². The van der Waals surface area contributed by atoms with Crippen LogP contribution in [0.4, 0.5) is 4.79 Å². The van der Waals surface area contributed by atoms with Gasteiger partial charge in [0.05, 0.1) is 6.54 Å². The summed E-state index contributed by atoms with van der Waals surface area (Å²) in [5.74, 6) is 0.296. The van der Waals surface area contributed by atoms with E-state index in [1.807, 2.05) is 11.9 Å². The summed E-state index contributed by atoms with van der Waals surface area (Å²) in [6.07, 6.45) is 3.01. The number of rotatable bonds is 6. The number of hydrogen-bond donors (Lipinski definition) is 3. The molecule has 0 saturated carbocycles. The van der Waals surface area contributed by atoms with Crippen molar-refractivity contribution in [1.29, 1.82) is 0 Å². The van der Waals surface area contributed by atoms with E-state index in [1.54, 1.807) is 0 Å². The van der Waals surface area contributed by atoms with Gasteiger partial charge < -0.3 is 10.6 Å². The summed E-state index contributed by atoms with van der Waals surface area (Å²) in [6, 6.07) is 0.0281. The number of likely N-dealkylation sites (N-methyl/N-ethyl adjacent to an activating group) is 1. The van der Waals surface area contributed by atoms with Crippen molar-refractivity contribution in [2.45, 2.75) is 39.2 Å². The maximum atomic E-state index is 11.8. The molecular formula is C14H28N4O2. The number of nitrogens with one attached hydrogen (secondary N) is 3. The summed E-state index contributed by atoms with van der Waals surface area (Å²) in [5, 5.41) is 8.37. The third-order valence-electron chi connectivity index (χ3n) is 3.59. The molecule has 0 aliphatic carbocycles. The van der Waals surface area contributed by atoms with Crippen molar-refractivity contribution in [3.63, 3.8) is 0 Å². The van der Waals surface area contributed by atoms with Gasteiger partial charge in [-0.3, -0.25) is 15.0 Å². The average molecular weight is 284 g/mol. The van der Waals surface area contributed by atoms with E-state index in [0.717, 1.165) is 32.4 Å². The molecule has 1 heterocycles. The van der Waals surface area contributed by atoms with Crippen LogP contribution in [0.1, 0.15) is 33.1 Å². The Morgan fingerprint density at radius 2 is 1.95 bits per heavy atom. The number of urea groups is 1. The number of carbonyl (C=O) groups is 2. The van der Waals surface area contributed by atoms with Crippen LogP contribution in [-0.2, 0) is 4.79 Å². The highest BCUT2D eigenvalue weighted by molar-refractivity contribution is 5.95. The number of nitrogens with zero attached hydrogens (tertiary/aromatic N) is 1. The largest absolute Gasteiger partial charge is 0.338 e. The SMILES string of the molecule is CC(C)CCNC(=O)NC(=O)CN(C)C1CCNCC1. The molecule has 0 aromatic carbocycles. The Kier molecular flexibility index (Phi) is 7.54. The second kappa shape index (κ2) is 8.92. The minimum atomic E-state index is -0.394. The molecule has 1 rings (SSSR count). The summed E-state index contributed by atoms with van der Waals surface area (Å²) >= 11 is 0. The Hall–Kier alpha value is -1.14. The Morgan fingerprint density at radius 3 is 2.55 bits per heavy atom. The molecule has 3 N–H and O–H groups in total. The minimum Gasteiger partial charge on any atom is -0.338 e. The number of imide groups is 1. The topological polar surface area (TPSA) is 73.5 Å². The zero-order valence-corrected chi connectivity index (χ0v) is 12.9. The molecule has 0 radical (unpaired) electrons. The van der Waals surface area contributed by atoms with E-state index in [2.05, 4.69) is 29.8 Å². The van der Waals surface area contributed by atoms with Gasteiger partial charge in [0.1, 0.15) is 0 Å². The van der Waals surface area contributed by atoms with Gasteiger partial charge in [-0.15, -0.1) is 0 Å². The first-order valence-corrected chi connectivity index (χ1v) is 7.47. The molecule has 0 atom stereocenters. The van der Waals surface area contributed by atoms with E-state index in [-0.39, 0.29) is 12.5 Å². The van der Waals surface area contributed by atoms with E-state index < -0.39 is 6.03 Å². The van der Waals surface area contributed by atoms with Crippen LogP contribution in [0.3, 0.4) is 0 Å². The fourth-order valence-electron chi connectivity index (χ4n) is 2.29. The number of amides is 3. The van der Waals surface area contributed by atoms with Crippen molar-refractivity contribution < 1.29 is 9.59 Å². The summed E-state index contributed by atoms with van der Waals surface area (Å²) < 4.78 is 0. The lowest BCUT2D eigenvalue weighted by Crippen LogP contribution is -2.48. The van der Waals surface area contributed by atoms with Gasteiger partial charge >= 0.3 is 6.03 Å². The number of carbonyl (C=O) groups excluding carboxylic acids is 2. The van der Waals surface area contributed by atoms with E-state index in [1.165, 1.54) is 0 Å². The van der Waals surface area contributed by atoms with Gasteiger partial charge in [-0.2, -0.15) is 0 Å². The second-order valence-corrected chi connectivity index (χ2v) is 5.88. The number of hydrogen-bond acceptors (Lipinski definition) is 4. The van der Waals surface area contributed by atoms with E-state index in [0.29, 0.717) is 18.5 Å². The van der Waals surface area contributed by atoms with Crippen LogP contribution in [0.25, 0.3) is 0 Å². The Balaban J connectivity index is 2.19. The Bertz CT molecular complexity index is 314. The fraction of sp³-hybridized carbons (Fsp3) is 0.857. The molecule has 1 aliphatic heterocycles. The third-order valence-corrected chi connectivity index (χ3v) is 3.59. The summed E-state index contributed by atoms with van der Waals surface area (Å²) in [5.41, 5.74) is 0. The van der Waals surface area contributed by atoms with Crippen LogP contribution in [0.2, 0.25) is 0 Å². The second-order valence-electron chi connectivity index (χ2n) is 5.88. The van der Waals surface area contributed by atoms with Gasteiger partial charge in [0.2, 0.25) is 5.91 Å². The van der Waals surface area contributed by atoms with E-state index in [4.69, 9.17) is 0 Å². The van der Waals surface area contributed by atoms with Gasteiger partial charge in [-0.05, 0) is 45.3 Å². The predicted molar refractivity (Wildman–Crippen MR) is 79.5 cm³/mol. The molecule has 0 unspecified atom stereocenters. The quantitative estimate of drug-likeness (QED) is 0.666. The minimum absolute atomic E-state index is 0.243. The first-order chi connectivity index (χ1) is 9.49. The zero-order chi connectivity index (χ0) is 15.0. The van der Waals surface area contributed by atoms with Crippen molar-refractivity contribution in [2.24, 2.45) is 5.92 Å². The molecule has 1 aliphatic rings. The van der Waals surface area contributed by atoms with Gasteiger partial charge in [0.15, 0.2) is 0 Å². The van der Waals surface area contributed by atoms with E-state index in [9.17, 15) is 9.59 Å². The number of piperidine rings is 1. The molecule has 0 aromatic heterocycles. The van der Waals surface area contributed by atoms with Crippen LogP contribution < -0.4 is 16.0 Å². The first-order valence-electron chi connectivity index (χ1n) is 7.47. The zero-order valence-electron chi connectivity index (χ0n) is 12.9. The normalized spacial score (nSPS) is 16.4. The smallest absolute Gasteiger partial charge is 0.321 e. The average Bonchev–Trinajstić information content (AvgIpc) is 2.38. The van der Waals surface area contributed by atoms with Crippen LogP contribution in [0.5, 0.6) is 0 Å². The molecule has 1 fully saturated rings. The Labute approximate surface area is 121 Å². The van der Waals surface area contributed by atoms with Crippen molar-refractivity contribution >= 4 is 11.9 Å². The lowest BCUT2D eigenvalue weighted by atomic mass is 10.1. The van der Waals surface area contributed by atoms with Crippen LogP contribution in [0, 0.1) is 5.92 Å². The molecule has 0 bridgehead atoms. The Morgan fingerprint density at radius 1 is 1.30 bits per heavy atom. The van der Waals surface area contributed by atoms with Crippen molar-refractivity contribution in [1.82, 2.24) is 20.9 Å². The molecule has 6 heteroatoms. The molecular weight excluding hydrogens is 256 g/mol. The van der Waals surface area contributed by atoms with Gasteiger partial charge in [0, 0.05) is 12.6 Å². The highest BCUT2D eigenvalue weighted by atomic mass is 16.2. The highest BCUT2D eigenvalue weighted by Gasteiger charge is 2.20.